The topological polar surface area (TPSA) is 65.0 Å². The molecule has 0 radical (unpaired) electrons. The Morgan fingerprint density at radius 1 is 1.04 bits per heavy atom. The van der Waals surface area contributed by atoms with E-state index in [2.05, 4.69) is 13.2 Å². The van der Waals surface area contributed by atoms with Crippen LogP contribution >= 0.6 is 0 Å². The van der Waals surface area contributed by atoms with Crippen molar-refractivity contribution >= 4 is 11.9 Å². The van der Waals surface area contributed by atoms with Crippen LogP contribution in [0.25, 0.3) is 6.08 Å². The van der Waals surface area contributed by atoms with Crippen molar-refractivity contribution in [3.8, 4) is 23.0 Å². The molecule has 0 amide bonds. The molecule has 2 aromatic rings. The predicted molar refractivity (Wildman–Crippen MR) is 106 cm³/mol. The Morgan fingerprint density at radius 2 is 1.67 bits per heavy atom. The van der Waals surface area contributed by atoms with Gasteiger partial charge in [-0.15, -0.1) is 0 Å². The van der Waals surface area contributed by atoms with Gasteiger partial charge in [-0.2, -0.15) is 0 Å². The zero-order valence-electron chi connectivity index (χ0n) is 15.2. The summed E-state index contributed by atoms with van der Waals surface area (Å²) >= 11 is 0. The van der Waals surface area contributed by atoms with Gasteiger partial charge in [0.1, 0.15) is 41.8 Å². The van der Waals surface area contributed by atoms with E-state index in [1.165, 1.54) is 13.2 Å². The van der Waals surface area contributed by atoms with Crippen LogP contribution in [0.2, 0.25) is 0 Å². The molecule has 2 rings (SSSR count). The van der Waals surface area contributed by atoms with Gasteiger partial charge in [0.25, 0.3) is 0 Å². The van der Waals surface area contributed by atoms with E-state index in [-0.39, 0.29) is 18.1 Å². The van der Waals surface area contributed by atoms with Crippen LogP contribution in [-0.2, 0) is 0 Å². The highest BCUT2D eigenvalue weighted by Crippen LogP contribution is 2.35. The zero-order chi connectivity index (χ0) is 19.6. The largest absolute Gasteiger partial charge is 0.508 e. The Balaban J connectivity index is 2.38. The third-order valence-electron chi connectivity index (χ3n) is 3.55. The van der Waals surface area contributed by atoms with Crippen LogP contribution < -0.4 is 14.2 Å². The monoisotopic (exact) mass is 366 g/mol. The third kappa shape index (κ3) is 5.51. The minimum atomic E-state index is -0.283. The molecule has 0 heterocycles. The molecule has 0 fully saturated rings. The predicted octanol–water partition coefficient (Wildman–Crippen LogP) is 4.43. The van der Waals surface area contributed by atoms with Crippen LogP contribution in [0.15, 0.2) is 67.8 Å². The van der Waals surface area contributed by atoms with Crippen LogP contribution in [-0.4, -0.2) is 31.2 Å². The minimum Gasteiger partial charge on any atom is -0.508 e. The Morgan fingerprint density at radius 3 is 2.30 bits per heavy atom. The van der Waals surface area contributed by atoms with E-state index in [1.54, 1.807) is 54.6 Å². The van der Waals surface area contributed by atoms with Crippen molar-refractivity contribution in [1.82, 2.24) is 0 Å². The molecule has 0 atom stereocenters. The van der Waals surface area contributed by atoms with Crippen molar-refractivity contribution in [2.24, 2.45) is 0 Å². The first-order chi connectivity index (χ1) is 13.1. The summed E-state index contributed by atoms with van der Waals surface area (Å²) in [5.41, 5.74) is 1.07. The summed E-state index contributed by atoms with van der Waals surface area (Å²) in [6.07, 6.45) is 6.29. The second-order valence-corrected chi connectivity index (χ2v) is 5.49. The van der Waals surface area contributed by atoms with Gasteiger partial charge in [-0.1, -0.05) is 43.5 Å². The quantitative estimate of drug-likeness (QED) is 0.383. The van der Waals surface area contributed by atoms with Gasteiger partial charge in [0.2, 0.25) is 0 Å². The second-order valence-electron chi connectivity index (χ2n) is 5.49. The number of aromatic hydroxyl groups is 1. The van der Waals surface area contributed by atoms with Crippen molar-refractivity contribution in [3.63, 3.8) is 0 Å². The minimum absolute atomic E-state index is 0.162. The van der Waals surface area contributed by atoms with E-state index in [4.69, 9.17) is 14.2 Å². The van der Waals surface area contributed by atoms with Gasteiger partial charge in [-0.3, -0.25) is 4.79 Å². The highest BCUT2D eigenvalue weighted by Gasteiger charge is 2.19. The second kappa shape index (κ2) is 9.87. The van der Waals surface area contributed by atoms with Crippen LogP contribution in [0, 0.1) is 0 Å². The maximum absolute atomic E-state index is 12.8. The molecule has 0 aliphatic heterocycles. The summed E-state index contributed by atoms with van der Waals surface area (Å²) in [4.78, 5) is 12.8. The van der Waals surface area contributed by atoms with Crippen LogP contribution in [0.3, 0.4) is 0 Å². The van der Waals surface area contributed by atoms with Gasteiger partial charge in [-0.05, 0) is 23.8 Å². The van der Waals surface area contributed by atoms with Gasteiger partial charge >= 0.3 is 0 Å². The molecule has 0 bridgehead atoms. The molecule has 5 nitrogen and oxygen atoms in total. The van der Waals surface area contributed by atoms with Gasteiger partial charge < -0.3 is 19.3 Å². The number of ketones is 1. The number of hydrogen-bond acceptors (Lipinski definition) is 5. The molecule has 0 saturated carbocycles. The molecular weight excluding hydrogens is 344 g/mol. The van der Waals surface area contributed by atoms with Crippen molar-refractivity contribution in [1.29, 1.82) is 0 Å². The van der Waals surface area contributed by atoms with E-state index in [0.717, 1.165) is 5.56 Å². The molecule has 5 heteroatoms. The van der Waals surface area contributed by atoms with E-state index < -0.39 is 0 Å². The van der Waals surface area contributed by atoms with E-state index >= 15 is 0 Å². The maximum atomic E-state index is 12.8. The van der Waals surface area contributed by atoms with Crippen molar-refractivity contribution in [2.75, 3.05) is 20.3 Å². The zero-order valence-corrected chi connectivity index (χ0v) is 15.2. The van der Waals surface area contributed by atoms with Gasteiger partial charge in [-0.25, -0.2) is 0 Å². The van der Waals surface area contributed by atoms with Crippen molar-refractivity contribution in [3.05, 3.63) is 78.9 Å². The lowest BCUT2D eigenvalue weighted by atomic mass is 10.1. The SMILES string of the molecule is C=CCOc1cc(OC)c(C(=O)/C=C/c2ccc(O)cc2)c(OCC=C)c1. The number of methoxy groups -OCH3 is 1. The molecular formula is C22H22O5. The van der Waals surface area contributed by atoms with Gasteiger partial charge in [0.15, 0.2) is 5.78 Å². The first kappa shape index (κ1) is 19.8. The van der Waals surface area contributed by atoms with Crippen LogP contribution in [0.4, 0.5) is 0 Å². The number of carbonyl (C=O) groups excluding carboxylic acids is 1. The molecule has 0 aromatic heterocycles. The Labute approximate surface area is 158 Å². The molecule has 2 aromatic carbocycles. The molecule has 140 valence electrons. The van der Waals surface area contributed by atoms with E-state index in [1.807, 2.05) is 0 Å². The number of allylic oxidation sites excluding steroid dienone is 1. The van der Waals surface area contributed by atoms with Crippen molar-refractivity contribution < 1.29 is 24.1 Å². The first-order valence-corrected chi connectivity index (χ1v) is 8.30. The molecule has 0 aliphatic carbocycles. The summed E-state index contributed by atoms with van der Waals surface area (Å²) in [6.45, 7) is 7.79. The molecule has 0 unspecified atom stereocenters. The third-order valence-corrected chi connectivity index (χ3v) is 3.55. The molecule has 0 saturated heterocycles. The normalized spacial score (nSPS) is 10.4. The van der Waals surface area contributed by atoms with Crippen LogP contribution in [0.1, 0.15) is 15.9 Å². The number of hydrogen-bond donors (Lipinski definition) is 1. The molecule has 0 spiro atoms. The highest BCUT2D eigenvalue weighted by molar-refractivity contribution is 6.10. The number of phenolic OH excluding ortho intramolecular Hbond substituents is 1. The van der Waals surface area contributed by atoms with Crippen LogP contribution in [0.5, 0.6) is 23.0 Å². The standard InChI is InChI=1S/C22H22O5/c1-4-12-26-18-14-20(25-3)22(21(15-18)27-13-5-2)19(24)11-8-16-6-9-17(23)10-7-16/h4-11,14-15,23H,1-2,12-13H2,3H3/b11-8+. The average molecular weight is 366 g/mol. The van der Waals surface area contributed by atoms with E-state index in [0.29, 0.717) is 29.4 Å². The number of rotatable bonds is 10. The first-order valence-electron chi connectivity index (χ1n) is 8.30. The lowest BCUT2D eigenvalue weighted by molar-refractivity contribution is 0.104. The Bertz CT molecular complexity index is 835. The summed E-state index contributed by atoms with van der Waals surface area (Å²) in [7, 11) is 1.48. The lowest BCUT2D eigenvalue weighted by Gasteiger charge is -2.15. The Kier molecular flexibility index (Phi) is 7.26. The van der Waals surface area contributed by atoms with Gasteiger partial charge in [0.05, 0.1) is 7.11 Å². The number of benzene rings is 2. The highest BCUT2D eigenvalue weighted by atomic mass is 16.5. The fourth-order valence-electron chi connectivity index (χ4n) is 2.31. The summed E-state index contributed by atoms with van der Waals surface area (Å²) in [6, 6.07) is 9.78. The summed E-state index contributed by atoms with van der Waals surface area (Å²) in [5, 5.41) is 9.34. The summed E-state index contributed by atoms with van der Waals surface area (Å²) in [5.74, 6) is 1.07. The average Bonchev–Trinajstić information content (AvgIpc) is 2.69. The molecule has 0 aliphatic rings. The summed E-state index contributed by atoms with van der Waals surface area (Å²) < 4.78 is 16.6. The smallest absolute Gasteiger partial charge is 0.193 e. The van der Waals surface area contributed by atoms with Crippen molar-refractivity contribution in [2.45, 2.75) is 0 Å². The molecule has 1 N–H and O–H groups in total. The van der Waals surface area contributed by atoms with Gasteiger partial charge in [0, 0.05) is 12.1 Å². The molecule has 27 heavy (non-hydrogen) atoms. The fourth-order valence-corrected chi connectivity index (χ4v) is 2.31. The fraction of sp³-hybridized carbons (Fsp3) is 0.136. The Hall–Kier alpha value is -3.47. The maximum Gasteiger partial charge on any atom is 0.193 e. The number of ether oxygens (including phenoxy) is 3. The number of carbonyl (C=O) groups is 1. The van der Waals surface area contributed by atoms with E-state index in [9.17, 15) is 9.90 Å². The lowest BCUT2D eigenvalue weighted by Crippen LogP contribution is -2.06. The number of phenols is 1.